The molecule has 0 radical (unpaired) electrons. The zero-order valence-electron chi connectivity index (χ0n) is 5.96. The first-order valence-electron chi connectivity index (χ1n) is 3.37. The Bertz CT molecular complexity index is 220. The second kappa shape index (κ2) is 3.09. The third-order valence-electron chi connectivity index (χ3n) is 1.54. The molecule has 0 aromatic heterocycles. The largest absolute Gasteiger partial charge is 0.481 e. The topological polar surface area (TPSA) is 37.3 Å². The van der Waals surface area contributed by atoms with E-state index >= 15 is 0 Å². The molecule has 0 aromatic rings. The zero-order valence-corrected chi connectivity index (χ0v) is 6.71. The van der Waals surface area contributed by atoms with E-state index in [9.17, 15) is 4.79 Å². The molecule has 2 nitrogen and oxygen atoms in total. The molecule has 0 fully saturated rings. The van der Waals surface area contributed by atoms with Crippen LogP contribution in [0.25, 0.3) is 0 Å². The monoisotopic (exact) mass is 172 g/mol. The molecule has 0 saturated heterocycles. The molecule has 0 amide bonds. The van der Waals surface area contributed by atoms with Gasteiger partial charge in [0.2, 0.25) is 0 Å². The second-order valence-electron chi connectivity index (χ2n) is 2.60. The minimum Gasteiger partial charge on any atom is -0.481 e. The van der Waals surface area contributed by atoms with Gasteiger partial charge in [0.15, 0.2) is 0 Å². The van der Waals surface area contributed by atoms with E-state index in [1.54, 1.807) is 12.2 Å². The van der Waals surface area contributed by atoms with Crippen LogP contribution in [-0.2, 0) is 4.79 Å². The van der Waals surface area contributed by atoms with E-state index in [2.05, 4.69) is 0 Å². The molecule has 1 rings (SSSR count). The standard InChI is InChI=1S/C8H9ClO2/c9-8(6-7(10)11)4-2-1-3-5-8/h1-4H,5-6H2,(H,10,11). The van der Waals surface area contributed by atoms with Crippen molar-refractivity contribution < 1.29 is 9.90 Å². The summed E-state index contributed by atoms with van der Waals surface area (Å²) in [4.78, 5) is 9.64. The van der Waals surface area contributed by atoms with Crippen molar-refractivity contribution in [3.63, 3.8) is 0 Å². The van der Waals surface area contributed by atoms with E-state index in [-0.39, 0.29) is 6.42 Å². The molecule has 1 N–H and O–H groups in total. The maximum absolute atomic E-state index is 10.3. The normalized spacial score (nSPS) is 28.8. The van der Waals surface area contributed by atoms with Crippen LogP contribution < -0.4 is 0 Å². The number of halogens is 1. The van der Waals surface area contributed by atoms with Gasteiger partial charge in [-0.15, -0.1) is 11.6 Å². The number of rotatable bonds is 2. The summed E-state index contributed by atoms with van der Waals surface area (Å²) in [5.74, 6) is -0.861. The minimum atomic E-state index is -0.861. The van der Waals surface area contributed by atoms with Crippen molar-refractivity contribution in [2.24, 2.45) is 0 Å². The molecule has 1 aliphatic rings. The van der Waals surface area contributed by atoms with Crippen LogP contribution in [0.2, 0.25) is 0 Å². The van der Waals surface area contributed by atoms with E-state index in [0.717, 1.165) is 0 Å². The van der Waals surface area contributed by atoms with Gasteiger partial charge in [-0.25, -0.2) is 0 Å². The molecule has 0 aliphatic heterocycles. The molecule has 1 unspecified atom stereocenters. The number of carboxylic acids is 1. The van der Waals surface area contributed by atoms with Gasteiger partial charge in [0.1, 0.15) is 0 Å². The summed E-state index contributed by atoms with van der Waals surface area (Å²) in [5.41, 5.74) is 0. The van der Waals surface area contributed by atoms with Crippen LogP contribution in [0, 0.1) is 0 Å². The number of allylic oxidation sites excluding steroid dienone is 4. The predicted molar refractivity (Wildman–Crippen MR) is 43.7 cm³/mol. The first-order chi connectivity index (χ1) is 5.12. The number of hydrogen-bond acceptors (Lipinski definition) is 1. The van der Waals surface area contributed by atoms with Crippen LogP contribution in [0.5, 0.6) is 0 Å². The highest BCUT2D eigenvalue weighted by atomic mass is 35.5. The first kappa shape index (κ1) is 8.34. The summed E-state index contributed by atoms with van der Waals surface area (Å²) < 4.78 is 0. The molecule has 1 aliphatic carbocycles. The van der Waals surface area contributed by atoms with Crippen LogP contribution >= 0.6 is 11.6 Å². The van der Waals surface area contributed by atoms with Gasteiger partial charge >= 0.3 is 5.97 Å². The number of carboxylic acid groups (broad SMARTS) is 1. The van der Waals surface area contributed by atoms with Crippen LogP contribution in [-0.4, -0.2) is 16.0 Å². The lowest BCUT2D eigenvalue weighted by Gasteiger charge is -2.20. The summed E-state index contributed by atoms with van der Waals surface area (Å²) in [5, 5.41) is 8.49. The third-order valence-corrected chi connectivity index (χ3v) is 1.96. The molecule has 3 heteroatoms. The quantitative estimate of drug-likeness (QED) is 0.647. The molecule has 0 saturated carbocycles. The highest BCUT2D eigenvalue weighted by Gasteiger charge is 2.26. The first-order valence-corrected chi connectivity index (χ1v) is 3.75. The summed E-state index contributed by atoms with van der Waals surface area (Å²) in [7, 11) is 0. The van der Waals surface area contributed by atoms with Gasteiger partial charge in [-0.05, 0) is 6.42 Å². The van der Waals surface area contributed by atoms with Crippen molar-refractivity contribution in [2.45, 2.75) is 17.7 Å². The molecule has 0 heterocycles. The maximum atomic E-state index is 10.3. The van der Waals surface area contributed by atoms with Crippen LogP contribution in [0.3, 0.4) is 0 Å². The molecule has 60 valence electrons. The molecule has 11 heavy (non-hydrogen) atoms. The highest BCUT2D eigenvalue weighted by molar-refractivity contribution is 6.26. The van der Waals surface area contributed by atoms with Gasteiger partial charge in [0, 0.05) is 0 Å². The van der Waals surface area contributed by atoms with Gasteiger partial charge < -0.3 is 5.11 Å². The third kappa shape index (κ3) is 2.39. The number of aliphatic carboxylic acids is 1. The Morgan fingerprint density at radius 2 is 2.36 bits per heavy atom. The van der Waals surface area contributed by atoms with Crippen molar-refractivity contribution in [3.05, 3.63) is 24.3 Å². The number of alkyl halides is 1. The van der Waals surface area contributed by atoms with Crippen molar-refractivity contribution in [1.82, 2.24) is 0 Å². The molecule has 0 bridgehead atoms. The van der Waals surface area contributed by atoms with E-state index in [0.29, 0.717) is 6.42 Å². The lowest BCUT2D eigenvalue weighted by atomic mass is 9.96. The average molecular weight is 173 g/mol. The number of carbonyl (C=O) groups is 1. The van der Waals surface area contributed by atoms with Gasteiger partial charge in [-0.2, -0.15) is 0 Å². The highest BCUT2D eigenvalue weighted by Crippen LogP contribution is 2.28. The van der Waals surface area contributed by atoms with Crippen LogP contribution in [0.1, 0.15) is 12.8 Å². The van der Waals surface area contributed by atoms with Gasteiger partial charge in [-0.3, -0.25) is 4.79 Å². The van der Waals surface area contributed by atoms with Gasteiger partial charge in [0.05, 0.1) is 11.3 Å². The Morgan fingerprint density at radius 1 is 1.64 bits per heavy atom. The Hall–Kier alpha value is -0.760. The summed E-state index contributed by atoms with van der Waals surface area (Å²) in [6.07, 6.45) is 7.81. The van der Waals surface area contributed by atoms with Gasteiger partial charge in [0.25, 0.3) is 0 Å². The fraction of sp³-hybridized carbons (Fsp3) is 0.375. The minimum absolute atomic E-state index is 0.0185. The Balaban J connectivity index is 2.61. The van der Waals surface area contributed by atoms with E-state index in [1.807, 2.05) is 12.2 Å². The summed E-state index contributed by atoms with van der Waals surface area (Å²) in [6.45, 7) is 0. The predicted octanol–water partition coefficient (Wildman–Crippen LogP) is 1.95. The van der Waals surface area contributed by atoms with Crippen LogP contribution in [0.15, 0.2) is 24.3 Å². The second-order valence-corrected chi connectivity index (χ2v) is 3.35. The van der Waals surface area contributed by atoms with E-state index in [1.165, 1.54) is 0 Å². The average Bonchev–Trinajstić information content (AvgIpc) is 1.85. The summed E-state index contributed by atoms with van der Waals surface area (Å²) >= 11 is 5.95. The lowest BCUT2D eigenvalue weighted by molar-refractivity contribution is -0.137. The molecule has 1 atom stereocenters. The maximum Gasteiger partial charge on any atom is 0.305 e. The van der Waals surface area contributed by atoms with Crippen molar-refractivity contribution in [2.75, 3.05) is 0 Å². The SMILES string of the molecule is O=C(O)CC1(Cl)C=CC=CC1. The Kier molecular flexibility index (Phi) is 2.35. The molecule has 0 aromatic carbocycles. The lowest BCUT2D eigenvalue weighted by Crippen LogP contribution is -2.22. The Morgan fingerprint density at radius 3 is 2.82 bits per heavy atom. The molecular formula is C8H9ClO2. The van der Waals surface area contributed by atoms with Crippen molar-refractivity contribution in [1.29, 1.82) is 0 Å². The van der Waals surface area contributed by atoms with Crippen molar-refractivity contribution >= 4 is 17.6 Å². The Labute approximate surface area is 70.2 Å². The summed E-state index contributed by atoms with van der Waals surface area (Å²) in [6, 6.07) is 0. The van der Waals surface area contributed by atoms with E-state index in [4.69, 9.17) is 16.7 Å². The van der Waals surface area contributed by atoms with E-state index < -0.39 is 10.8 Å². The van der Waals surface area contributed by atoms with Crippen molar-refractivity contribution in [3.8, 4) is 0 Å². The molecule has 0 spiro atoms. The smallest absolute Gasteiger partial charge is 0.305 e. The van der Waals surface area contributed by atoms with Crippen LogP contribution in [0.4, 0.5) is 0 Å². The fourth-order valence-electron chi connectivity index (χ4n) is 1.02. The zero-order chi connectivity index (χ0) is 8.32. The van der Waals surface area contributed by atoms with Gasteiger partial charge in [-0.1, -0.05) is 24.3 Å². The fourth-order valence-corrected chi connectivity index (χ4v) is 1.30. The molecular weight excluding hydrogens is 164 g/mol. The number of hydrogen-bond donors (Lipinski definition) is 1.